The van der Waals surface area contributed by atoms with E-state index < -0.39 is 0 Å². The number of carbonyl (C=O) groups is 2. The largest absolute Gasteiger partial charge is 0.317 e. The Morgan fingerprint density at radius 1 is 1.47 bits per heavy atom. The van der Waals surface area contributed by atoms with Gasteiger partial charge < -0.3 is 5.32 Å². The van der Waals surface area contributed by atoms with E-state index in [0.717, 1.165) is 25.9 Å². The fraction of sp³-hybridized carbons (Fsp3) is 0.545. The van der Waals surface area contributed by atoms with Crippen molar-refractivity contribution in [1.29, 1.82) is 0 Å². The Morgan fingerprint density at radius 3 is 2.76 bits per heavy atom. The summed E-state index contributed by atoms with van der Waals surface area (Å²) in [6.45, 7) is 1.66. The van der Waals surface area contributed by atoms with Crippen molar-refractivity contribution in [3.63, 3.8) is 0 Å². The predicted molar refractivity (Wildman–Crippen MR) is 61.3 cm³/mol. The van der Waals surface area contributed by atoms with Crippen LogP contribution in [0.15, 0.2) is 12.3 Å². The zero-order valence-electron chi connectivity index (χ0n) is 9.77. The van der Waals surface area contributed by atoms with Crippen LogP contribution in [0.3, 0.4) is 0 Å². The number of carbonyl (C=O) groups excluding carboxylic acids is 2. The molecule has 92 valence electrons. The SMILES string of the molecule is Cn1nccc1C(=O)NC(=O)C1CCNCC1. The van der Waals surface area contributed by atoms with Crippen molar-refractivity contribution in [3.05, 3.63) is 18.0 Å². The third-order valence-corrected chi connectivity index (χ3v) is 3.00. The molecule has 6 heteroatoms. The van der Waals surface area contributed by atoms with Gasteiger partial charge in [-0.25, -0.2) is 0 Å². The molecular weight excluding hydrogens is 220 g/mol. The van der Waals surface area contributed by atoms with Crippen molar-refractivity contribution in [3.8, 4) is 0 Å². The van der Waals surface area contributed by atoms with E-state index in [2.05, 4.69) is 15.7 Å². The van der Waals surface area contributed by atoms with Crippen molar-refractivity contribution >= 4 is 11.8 Å². The number of piperidine rings is 1. The molecule has 0 atom stereocenters. The average Bonchev–Trinajstić information content (AvgIpc) is 2.76. The second-order valence-electron chi connectivity index (χ2n) is 4.18. The zero-order valence-corrected chi connectivity index (χ0v) is 9.77. The minimum atomic E-state index is -0.381. The van der Waals surface area contributed by atoms with Gasteiger partial charge in [0.25, 0.3) is 5.91 Å². The first kappa shape index (κ1) is 11.8. The number of hydrogen-bond donors (Lipinski definition) is 2. The summed E-state index contributed by atoms with van der Waals surface area (Å²) in [5.74, 6) is -0.625. The van der Waals surface area contributed by atoms with Crippen molar-refractivity contribution in [2.45, 2.75) is 12.8 Å². The highest BCUT2D eigenvalue weighted by Crippen LogP contribution is 2.11. The van der Waals surface area contributed by atoms with Gasteiger partial charge in [0, 0.05) is 19.2 Å². The summed E-state index contributed by atoms with van der Waals surface area (Å²) >= 11 is 0. The van der Waals surface area contributed by atoms with Crippen LogP contribution in [0, 0.1) is 5.92 Å². The monoisotopic (exact) mass is 236 g/mol. The molecule has 2 amide bonds. The van der Waals surface area contributed by atoms with Gasteiger partial charge in [-0.1, -0.05) is 0 Å². The molecule has 0 saturated carbocycles. The Bertz CT molecular complexity index is 421. The molecular formula is C11H16N4O2. The van der Waals surface area contributed by atoms with Crippen LogP contribution >= 0.6 is 0 Å². The first-order valence-corrected chi connectivity index (χ1v) is 5.72. The zero-order chi connectivity index (χ0) is 12.3. The number of imide groups is 1. The van der Waals surface area contributed by atoms with E-state index >= 15 is 0 Å². The maximum atomic E-state index is 11.8. The minimum Gasteiger partial charge on any atom is -0.317 e. The standard InChI is InChI=1S/C11H16N4O2/c1-15-9(4-7-13-15)11(17)14-10(16)8-2-5-12-6-3-8/h4,7-8,12H,2-3,5-6H2,1H3,(H,14,16,17). The summed E-state index contributed by atoms with van der Waals surface area (Å²) in [4.78, 5) is 23.6. The molecule has 0 spiro atoms. The van der Waals surface area contributed by atoms with Gasteiger partial charge in [-0.3, -0.25) is 19.6 Å². The van der Waals surface area contributed by atoms with Crippen LogP contribution < -0.4 is 10.6 Å². The molecule has 0 aromatic carbocycles. The van der Waals surface area contributed by atoms with Gasteiger partial charge in [0.2, 0.25) is 5.91 Å². The van der Waals surface area contributed by atoms with Crippen LogP contribution in [0.4, 0.5) is 0 Å². The van der Waals surface area contributed by atoms with Gasteiger partial charge in [0.1, 0.15) is 5.69 Å². The number of hydrogen-bond acceptors (Lipinski definition) is 4. The van der Waals surface area contributed by atoms with Gasteiger partial charge in [-0.05, 0) is 32.0 Å². The van der Waals surface area contributed by atoms with Crippen LogP contribution in [0.2, 0.25) is 0 Å². The van der Waals surface area contributed by atoms with Gasteiger partial charge in [0.15, 0.2) is 0 Å². The van der Waals surface area contributed by atoms with Crippen LogP contribution in [0.5, 0.6) is 0 Å². The lowest BCUT2D eigenvalue weighted by molar-refractivity contribution is -0.124. The highest BCUT2D eigenvalue weighted by atomic mass is 16.2. The smallest absolute Gasteiger partial charge is 0.276 e. The molecule has 0 aliphatic carbocycles. The Hall–Kier alpha value is -1.69. The Labute approximate surface area is 99.4 Å². The predicted octanol–water partition coefficient (Wildman–Crippen LogP) is -0.324. The van der Waals surface area contributed by atoms with Crippen LogP contribution in [0.1, 0.15) is 23.3 Å². The molecule has 2 rings (SSSR count). The highest BCUT2D eigenvalue weighted by molar-refractivity contribution is 6.04. The molecule has 1 aromatic heterocycles. The summed E-state index contributed by atoms with van der Waals surface area (Å²) in [5, 5.41) is 9.50. The van der Waals surface area contributed by atoms with E-state index in [0.29, 0.717) is 5.69 Å². The first-order valence-electron chi connectivity index (χ1n) is 5.72. The van der Waals surface area contributed by atoms with Crippen molar-refractivity contribution in [2.75, 3.05) is 13.1 Å². The number of nitrogens with zero attached hydrogens (tertiary/aromatic N) is 2. The third kappa shape index (κ3) is 2.71. The van der Waals surface area contributed by atoms with E-state index in [1.807, 2.05) is 0 Å². The van der Waals surface area contributed by atoms with Crippen LogP contribution in [-0.2, 0) is 11.8 Å². The van der Waals surface area contributed by atoms with Crippen molar-refractivity contribution < 1.29 is 9.59 Å². The summed E-state index contributed by atoms with van der Waals surface area (Å²) in [5.41, 5.74) is 0.396. The lowest BCUT2D eigenvalue weighted by Gasteiger charge is -2.21. The van der Waals surface area contributed by atoms with Gasteiger partial charge in [-0.2, -0.15) is 5.10 Å². The average molecular weight is 236 g/mol. The van der Waals surface area contributed by atoms with E-state index in [-0.39, 0.29) is 17.7 Å². The van der Waals surface area contributed by atoms with E-state index in [4.69, 9.17) is 0 Å². The number of aryl methyl sites for hydroxylation is 1. The molecule has 0 radical (unpaired) electrons. The van der Waals surface area contributed by atoms with Crippen LogP contribution in [0.25, 0.3) is 0 Å². The Morgan fingerprint density at radius 2 is 2.18 bits per heavy atom. The molecule has 1 aliphatic heterocycles. The highest BCUT2D eigenvalue weighted by Gasteiger charge is 2.23. The van der Waals surface area contributed by atoms with Crippen LogP contribution in [-0.4, -0.2) is 34.7 Å². The second-order valence-corrected chi connectivity index (χ2v) is 4.18. The fourth-order valence-electron chi connectivity index (χ4n) is 1.96. The number of nitrogens with one attached hydrogen (secondary N) is 2. The lowest BCUT2D eigenvalue weighted by Crippen LogP contribution is -2.41. The van der Waals surface area contributed by atoms with E-state index in [1.165, 1.54) is 10.9 Å². The second kappa shape index (κ2) is 5.09. The molecule has 6 nitrogen and oxygen atoms in total. The topological polar surface area (TPSA) is 76.0 Å². The summed E-state index contributed by atoms with van der Waals surface area (Å²) in [7, 11) is 1.67. The van der Waals surface area contributed by atoms with Gasteiger partial charge >= 0.3 is 0 Å². The summed E-state index contributed by atoms with van der Waals surface area (Å²) < 4.78 is 1.45. The van der Waals surface area contributed by atoms with Gasteiger partial charge in [0.05, 0.1) is 0 Å². The third-order valence-electron chi connectivity index (χ3n) is 3.00. The normalized spacial score (nSPS) is 16.8. The number of rotatable bonds is 2. The Balaban J connectivity index is 1.94. The molecule has 1 fully saturated rings. The summed E-state index contributed by atoms with van der Waals surface area (Å²) in [6.07, 6.45) is 3.10. The molecule has 0 bridgehead atoms. The van der Waals surface area contributed by atoms with Gasteiger partial charge in [-0.15, -0.1) is 0 Å². The number of aromatic nitrogens is 2. The Kier molecular flexibility index (Phi) is 3.53. The van der Waals surface area contributed by atoms with E-state index in [1.54, 1.807) is 13.1 Å². The molecule has 2 N–H and O–H groups in total. The van der Waals surface area contributed by atoms with Crippen molar-refractivity contribution in [2.24, 2.45) is 13.0 Å². The molecule has 1 saturated heterocycles. The molecule has 2 heterocycles. The first-order chi connectivity index (χ1) is 8.18. The minimum absolute atomic E-state index is 0.0616. The summed E-state index contributed by atoms with van der Waals surface area (Å²) in [6, 6.07) is 1.59. The maximum absolute atomic E-state index is 11.8. The van der Waals surface area contributed by atoms with E-state index in [9.17, 15) is 9.59 Å². The van der Waals surface area contributed by atoms with Crippen molar-refractivity contribution in [1.82, 2.24) is 20.4 Å². The maximum Gasteiger partial charge on any atom is 0.276 e. The molecule has 1 aliphatic rings. The molecule has 17 heavy (non-hydrogen) atoms. The molecule has 0 unspecified atom stereocenters. The quantitative estimate of drug-likeness (QED) is 0.690. The number of amides is 2. The lowest BCUT2D eigenvalue weighted by atomic mass is 9.97. The molecule has 1 aromatic rings. The fourth-order valence-corrected chi connectivity index (χ4v) is 1.96.